The van der Waals surface area contributed by atoms with E-state index in [-0.39, 0.29) is 16.7 Å². The van der Waals surface area contributed by atoms with E-state index in [1.54, 1.807) is 18.5 Å². The minimum atomic E-state index is -0.117. The molecule has 5 heteroatoms. The maximum absolute atomic E-state index is 12.1. The number of hydrazine groups is 1. The topological polar surface area (TPSA) is 80.0 Å². The third-order valence-electron chi connectivity index (χ3n) is 5.01. The Morgan fingerprint density at radius 3 is 2.53 bits per heavy atom. The van der Waals surface area contributed by atoms with Crippen LogP contribution in [-0.2, 0) is 0 Å². The smallest absolute Gasteiger partial charge is 0.253 e. The number of nitrogens with zero attached hydrogens (tertiary/aromatic N) is 1. The molecular weight excluding hydrogens is 240 g/mol. The van der Waals surface area contributed by atoms with E-state index in [1.807, 2.05) is 0 Å². The number of carbonyl (C=O) groups excluding carboxylic acids is 1. The van der Waals surface area contributed by atoms with Gasteiger partial charge in [0.05, 0.1) is 17.4 Å². The lowest BCUT2D eigenvalue weighted by Gasteiger charge is -2.09. The Kier molecular flexibility index (Phi) is 3.26. The molecule has 1 amide bonds. The summed E-state index contributed by atoms with van der Waals surface area (Å²) in [6.45, 7) is 9.64. The van der Waals surface area contributed by atoms with Gasteiger partial charge in [-0.3, -0.25) is 15.6 Å². The Hall–Kier alpha value is -1.62. The summed E-state index contributed by atoms with van der Waals surface area (Å²) in [7, 11) is 0. The highest BCUT2D eigenvalue weighted by molar-refractivity contribution is 5.99. The molecule has 0 radical (unpaired) electrons. The van der Waals surface area contributed by atoms with Gasteiger partial charge in [0.25, 0.3) is 5.91 Å². The van der Waals surface area contributed by atoms with E-state index in [0.29, 0.717) is 23.7 Å². The molecule has 0 aliphatic heterocycles. The van der Waals surface area contributed by atoms with Gasteiger partial charge in [-0.1, -0.05) is 27.7 Å². The first kappa shape index (κ1) is 13.8. The summed E-state index contributed by atoms with van der Waals surface area (Å²) in [5.74, 6) is 5.76. The minimum absolute atomic E-state index is 0.117. The second kappa shape index (κ2) is 4.49. The van der Waals surface area contributed by atoms with E-state index in [9.17, 15) is 4.79 Å². The first-order valence-electron chi connectivity index (χ1n) is 6.51. The van der Waals surface area contributed by atoms with Crippen LogP contribution in [0.15, 0.2) is 18.5 Å². The summed E-state index contributed by atoms with van der Waals surface area (Å²) in [5.41, 5.74) is 4.09. The van der Waals surface area contributed by atoms with Crippen LogP contribution >= 0.6 is 0 Å². The van der Waals surface area contributed by atoms with Crippen molar-refractivity contribution in [1.29, 1.82) is 0 Å². The number of rotatable bonds is 4. The molecule has 4 N–H and O–H groups in total. The highest BCUT2D eigenvalue weighted by atomic mass is 16.1. The van der Waals surface area contributed by atoms with Crippen LogP contribution in [0.2, 0.25) is 0 Å². The summed E-state index contributed by atoms with van der Waals surface area (Å²) in [4.78, 5) is 16.1. The zero-order valence-corrected chi connectivity index (χ0v) is 11.9. The second-order valence-corrected chi connectivity index (χ2v) is 6.27. The number of pyridine rings is 1. The molecule has 0 unspecified atom stereocenters. The fourth-order valence-electron chi connectivity index (χ4n) is 2.84. The van der Waals surface area contributed by atoms with E-state index in [0.717, 1.165) is 0 Å². The quantitative estimate of drug-likeness (QED) is 0.571. The summed E-state index contributed by atoms with van der Waals surface area (Å²) >= 11 is 0. The SMILES string of the molecule is CC1(C)C(CNC(=O)c2ccncc2NN)C1(C)C. The number of aromatic nitrogens is 1. The average Bonchev–Trinajstić information content (AvgIpc) is 2.76. The average molecular weight is 262 g/mol. The third-order valence-corrected chi connectivity index (χ3v) is 5.01. The first-order valence-corrected chi connectivity index (χ1v) is 6.51. The molecule has 1 fully saturated rings. The van der Waals surface area contributed by atoms with E-state index in [1.165, 1.54) is 0 Å². The summed E-state index contributed by atoms with van der Waals surface area (Å²) in [6.07, 6.45) is 3.13. The number of carbonyl (C=O) groups is 1. The number of nitrogens with one attached hydrogen (secondary N) is 2. The highest BCUT2D eigenvalue weighted by Gasteiger charge is 2.64. The third kappa shape index (κ3) is 2.18. The van der Waals surface area contributed by atoms with Crippen molar-refractivity contribution < 1.29 is 4.79 Å². The van der Waals surface area contributed by atoms with Gasteiger partial charge in [0.15, 0.2) is 0 Å². The largest absolute Gasteiger partial charge is 0.352 e. The normalized spacial score (nSPS) is 19.8. The Balaban J connectivity index is 2.00. The molecule has 1 aromatic heterocycles. The zero-order valence-electron chi connectivity index (χ0n) is 11.9. The molecule has 1 saturated carbocycles. The molecule has 1 heterocycles. The standard InChI is InChI=1S/C14H22N4O/c1-13(2)11(14(13,3)4)8-17-12(19)9-5-6-16-7-10(9)18-15/h5-7,11,18H,8,15H2,1-4H3,(H,17,19). The van der Waals surface area contributed by atoms with Crippen LogP contribution in [0.3, 0.4) is 0 Å². The summed E-state index contributed by atoms with van der Waals surface area (Å²) in [6, 6.07) is 1.66. The van der Waals surface area contributed by atoms with Crippen LogP contribution in [-0.4, -0.2) is 17.4 Å². The molecule has 0 bridgehead atoms. The maximum Gasteiger partial charge on any atom is 0.253 e. The van der Waals surface area contributed by atoms with Crippen LogP contribution in [0.4, 0.5) is 5.69 Å². The number of amides is 1. The van der Waals surface area contributed by atoms with Crippen molar-refractivity contribution in [1.82, 2.24) is 10.3 Å². The summed E-state index contributed by atoms with van der Waals surface area (Å²) < 4.78 is 0. The first-order chi connectivity index (χ1) is 8.82. The van der Waals surface area contributed by atoms with Crippen molar-refractivity contribution in [2.75, 3.05) is 12.0 Å². The van der Waals surface area contributed by atoms with Gasteiger partial charge < -0.3 is 10.7 Å². The Bertz CT molecular complexity index is 482. The van der Waals surface area contributed by atoms with Gasteiger partial charge >= 0.3 is 0 Å². The number of nitrogens with two attached hydrogens (primary N) is 1. The number of nitrogen functional groups attached to an aromatic ring is 1. The molecular formula is C14H22N4O. The number of hydrogen-bond acceptors (Lipinski definition) is 4. The molecule has 5 nitrogen and oxygen atoms in total. The van der Waals surface area contributed by atoms with Crippen molar-refractivity contribution in [2.45, 2.75) is 27.7 Å². The van der Waals surface area contributed by atoms with Crippen LogP contribution < -0.4 is 16.6 Å². The van der Waals surface area contributed by atoms with Gasteiger partial charge in [0.1, 0.15) is 0 Å². The van der Waals surface area contributed by atoms with Crippen LogP contribution in [0.1, 0.15) is 38.1 Å². The highest BCUT2D eigenvalue weighted by Crippen LogP contribution is 2.67. The Labute approximate surface area is 114 Å². The van der Waals surface area contributed by atoms with Gasteiger partial charge in [-0.15, -0.1) is 0 Å². The molecule has 1 aromatic rings. The van der Waals surface area contributed by atoms with Gasteiger partial charge in [-0.05, 0) is 22.8 Å². The van der Waals surface area contributed by atoms with Gasteiger partial charge in [0, 0.05) is 12.7 Å². The lowest BCUT2D eigenvalue weighted by molar-refractivity contribution is 0.0950. The van der Waals surface area contributed by atoms with Gasteiger partial charge in [0.2, 0.25) is 0 Å². The van der Waals surface area contributed by atoms with Crippen molar-refractivity contribution in [2.24, 2.45) is 22.6 Å². The Morgan fingerprint density at radius 2 is 2.00 bits per heavy atom. The fourth-order valence-corrected chi connectivity index (χ4v) is 2.84. The van der Waals surface area contributed by atoms with E-state index < -0.39 is 0 Å². The molecule has 0 aromatic carbocycles. The molecule has 0 spiro atoms. The van der Waals surface area contributed by atoms with Crippen molar-refractivity contribution in [3.05, 3.63) is 24.0 Å². The van der Waals surface area contributed by atoms with Crippen molar-refractivity contribution in [3.8, 4) is 0 Å². The van der Waals surface area contributed by atoms with Gasteiger partial charge in [-0.2, -0.15) is 0 Å². The predicted octanol–water partition coefficient (Wildman–Crippen LogP) is 1.78. The predicted molar refractivity (Wildman–Crippen MR) is 75.4 cm³/mol. The van der Waals surface area contributed by atoms with Crippen LogP contribution in [0.25, 0.3) is 0 Å². The van der Waals surface area contributed by atoms with Crippen molar-refractivity contribution in [3.63, 3.8) is 0 Å². The van der Waals surface area contributed by atoms with Gasteiger partial charge in [-0.25, -0.2) is 0 Å². The summed E-state index contributed by atoms with van der Waals surface area (Å²) in [5, 5.41) is 2.98. The second-order valence-electron chi connectivity index (χ2n) is 6.27. The van der Waals surface area contributed by atoms with E-state index in [4.69, 9.17) is 5.84 Å². The molecule has 0 saturated heterocycles. The molecule has 1 aliphatic carbocycles. The number of anilines is 1. The number of hydrogen-bond donors (Lipinski definition) is 3. The molecule has 0 atom stereocenters. The Morgan fingerprint density at radius 1 is 1.37 bits per heavy atom. The molecule has 104 valence electrons. The monoisotopic (exact) mass is 262 g/mol. The lowest BCUT2D eigenvalue weighted by atomic mass is 10.0. The molecule has 1 aliphatic rings. The van der Waals surface area contributed by atoms with E-state index in [2.05, 4.69) is 43.4 Å². The lowest BCUT2D eigenvalue weighted by Crippen LogP contribution is -2.28. The molecule has 2 rings (SSSR count). The minimum Gasteiger partial charge on any atom is -0.352 e. The zero-order chi connectivity index (χ0) is 14.3. The molecule has 19 heavy (non-hydrogen) atoms. The van der Waals surface area contributed by atoms with Crippen LogP contribution in [0.5, 0.6) is 0 Å². The maximum atomic E-state index is 12.1. The van der Waals surface area contributed by atoms with Crippen LogP contribution in [0, 0.1) is 16.7 Å². The van der Waals surface area contributed by atoms with Crippen molar-refractivity contribution >= 4 is 11.6 Å². The fraction of sp³-hybridized carbons (Fsp3) is 0.571. The van der Waals surface area contributed by atoms with E-state index >= 15 is 0 Å².